The Hall–Kier alpha value is -3.09. The summed E-state index contributed by atoms with van der Waals surface area (Å²) in [5.41, 5.74) is 2.29. The number of rotatable bonds is 5. The van der Waals surface area contributed by atoms with E-state index in [1.807, 2.05) is 6.07 Å². The van der Waals surface area contributed by atoms with Crippen molar-refractivity contribution in [2.75, 3.05) is 6.61 Å². The van der Waals surface area contributed by atoms with E-state index in [1.54, 1.807) is 0 Å². The zero-order valence-corrected chi connectivity index (χ0v) is 18.6. The summed E-state index contributed by atoms with van der Waals surface area (Å²) in [6.07, 6.45) is 0. The molecule has 1 aliphatic rings. The lowest BCUT2D eigenvalue weighted by molar-refractivity contribution is 0.320. The normalized spacial score (nSPS) is 14.7. The summed E-state index contributed by atoms with van der Waals surface area (Å²) < 4.78 is 6.13. The molecule has 5 rings (SSSR count). The maximum atomic E-state index is 6.13. The Morgan fingerprint density at radius 3 is 1.72 bits per heavy atom. The smallest absolute Gasteiger partial charge is 0.217 e. The molecule has 4 aromatic carbocycles. The first-order chi connectivity index (χ1) is 14.9. The molecule has 6 radical (unpaired) electrons. The van der Waals surface area contributed by atoms with Crippen LogP contribution in [-0.4, -0.2) is 29.3 Å². The summed E-state index contributed by atoms with van der Waals surface area (Å²) in [7, 11) is -0.712. The zero-order valence-electron chi connectivity index (χ0n) is 17.7. The van der Waals surface area contributed by atoms with E-state index in [9.17, 15) is 0 Å². The molecule has 2 nitrogen and oxygen atoms in total. The second-order valence-electron chi connectivity index (χ2n) is 7.20. The second-order valence-corrected chi connectivity index (χ2v) is 9.38. The molecule has 32 heavy (non-hydrogen) atoms. The minimum Gasteiger partial charge on any atom is -0.475 e. The van der Waals surface area contributed by atoms with Gasteiger partial charge in [0.1, 0.15) is 12.6 Å². The van der Waals surface area contributed by atoms with Gasteiger partial charge in [0.05, 0.1) is 0 Å². The van der Waals surface area contributed by atoms with Crippen LogP contribution in [0.5, 0.6) is 0 Å². The van der Waals surface area contributed by atoms with Gasteiger partial charge >= 0.3 is 0 Å². The first kappa shape index (κ1) is 23.6. The minimum atomic E-state index is -0.712. The molecule has 0 saturated heterocycles. The van der Waals surface area contributed by atoms with Crippen molar-refractivity contribution in [3.05, 3.63) is 126 Å². The molecular weight excluding hydrogens is 407 g/mol. The van der Waals surface area contributed by atoms with E-state index in [2.05, 4.69) is 109 Å². The highest BCUT2D eigenvalue weighted by Crippen LogP contribution is 2.35. The maximum absolute atomic E-state index is 6.13. The average Bonchev–Trinajstić information content (AvgIpc) is 3.32. The molecule has 152 valence electrons. The van der Waals surface area contributed by atoms with Gasteiger partial charge in [0, 0.05) is 22.4 Å². The van der Waals surface area contributed by atoms with Crippen LogP contribution in [0.3, 0.4) is 0 Å². The van der Waals surface area contributed by atoms with Crippen molar-refractivity contribution in [3.63, 3.8) is 0 Å². The zero-order chi connectivity index (χ0) is 20.2. The van der Waals surface area contributed by atoms with Crippen LogP contribution in [0.2, 0.25) is 0 Å². The molecule has 0 saturated carbocycles. The topological polar surface area (TPSA) is 21.6 Å². The van der Waals surface area contributed by atoms with E-state index in [-0.39, 0.29) is 22.9 Å². The second kappa shape index (κ2) is 11.0. The van der Waals surface area contributed by atoms with Gasteiger partial charge in [0.25, 0.3) is 0 Å². The summed E-state index contributed by atoms with van der Waals surface area (Å²) in [5.74, 6) is 0.749. The van der Waals surface area contributed by atoms with Gasteiger partial charge in [-0.05, 0) is 35.5 Å². The fourth-order valence-corrected chi connectivity index (χ4v) is 6.24. The number of nitrogens with zero attached hydrogens (tertiary/aromatic N) is 1. The minimum absolute atomic E-state index is 0. The third-order valence-electron chi connectivity index (χ3n) is 5.24. The van der Waals surface area contributed by atoms with Gasteiger partial charge in [0.15, 0.2) is 0 Å². The Morgan fingerprint density at radius 2 is 1.12 bits per heavy atom. The van der Waals surface area contributed by atoms with Crippen LogP contribution in [0, 0.1) is 0 Å². The first-order valence-corrected chi connectivity index (χ1v) is 11.5. The molecule has 0 aliphatic carbocycles. The molecule has 0 unspecified atom stereocenters. The van der Waals surface area contributed by atoms with E-state index in [1.165, 1.54) is 21.5 Å². The highest BCUT2D eigenvalue weighted by atomic mass is 31.1. The fraction of sp³-hybridized carbons (Fsp3) is 0.0741. The van der Waals surface area contributed by atoms with Gasteiger partial charge < -0.3 is 4.74 Å². The van der Waals surface area contributed by atoms with Gasteiger partial charge in [0.2, 0.25) is 5.90 Å². The van der Waals surface area contributed by atoms with Gasteiger partial charge in [-0.25, -0.2) is 4.99 Å². The average molecular weight is 429 g/mol. The molecule has 1 atom stereocenters. The van der Waals surface area contributed by atoms with Crippen LogP contribution in [0.1, 0.15) is 17.2 Å². The molecule has 0 spiro atoms. The number of hydrogen-bond acceptors (Lipinski definition) is 2. The van der Waals surface area contributed by atoms with Crippen molar-refractivity contribution in [3.8, 4) is 0 Å². The number of aliphatic imine (C=N–C) groups is 1. The molecule has 0 aromatic heterocycles. The van der Waals surface area contributed by atoms with Crippen molar-refractivity contribution >= 4 is 46.6 Å². The van der Waals surface area contributed by atoms with Gasteiger partial charge in [-0.15, -0.1) is 0 Å². The van der Waals surface area contributed by atoms with Gasteiger partial charge in [-0.3, -0.25) is 0 Å². The number of hydrogen-bond donors (Lipinski definition) is 0. The monoisotopic (exact) mass is 429 g/mol. The fourth-order valence-electron chi connectivity index (χ4n) is 3.80. The van der Waals surface area contributed by atoms with E-state index < -0.39 is 7.92 Å². The molecule has 1 aliphatic heterocycles. The summed E-state index contributed by atoms with van der Waals surface area (Å²) in [6.45, 7) is 0.586. The third kappa shape index (κ3) is 4.87. The van der Waals surface area contributed by atoms with Gasteiger partial charge in [-0.1, -0.05) is 109 Å². The lowest BCUT2D eigenvalue weighted by atomic mass is 10.1. The van der Waals surface area contributed by atoms with Crippen LogP contribution in [0.25, 0.3) is 0 Å². The van der Waals surface area contributed by atoms with Crippen LogP contribution in [0.15, 0.2) is 120 Å². The maximum Gasteiger partial charge on any atom is 0.217 e. The Morgan fingerprint density at radius 1 is 0.625 bits per heavy atom. The molecule has 5 heteroatoms. The first-order valence-electron chi connectivity index (χ1n) is 10.2. The lowest BCUT2D eigenvalue weighted by Crippen LogP contribution is -2.25. The Labute approximate surface area is 195 Å². The Kier molecular flexibility index (Phi) is 8.09. The molecule has 4 aromatic rings. The molecule has 0 fully saturated rings. The SMILES string of the molecule is [B].[B].c1ccc([C@H]2COC(c3ccccc3P(c3ccccc3)c3ccccc3)=N2)cc1. The standard InChI is InChI=1S/C27H22NOP.2B/c1-4-12-21(13-5-1)25-20-29-27(28-25)24-18-10-11-19-26(24)30(22-14-6-2-7-15-22)23-16-8-3-9-17-23;;/h1-19,25H,20H2;;/t25-;;/m1../s1. The van der Waals surface area contributed by atoms with E-state index >= 15 is 0 Å². The predicted octanol–water partition coefficient (Wildman–Crippen LogP) is 4.20. The highest BCUT2D eigenvalue weighted by Gasteiger charge is 2.26. The van der Waals surface area contributed by atoms with Crippen molar-refractivity contribution in [2.24, 2.45) is 4.99 Å². The Balaban J connectivity index is 0.00000144. The van der Waals surface area contributed by atoms with Crippen molar-refractivity contribution in [2.45, 2.75) is 6.04 Å². The summed E-state index contributed by atoms with van der Waals surface area (Å²) in [5, 5.41) is 3.92. The molecule has 0 amide bonds. The third-order valence-corrected chi connectivity index (χ3v) is 7.74. The van der Waals surface area contributed by atoms with Crippen LogP contribution in [0.4, 0.5) is 0 Å². The predicted molar refractivity (Wildman–Crippen MR) is 138 cm³/mol. The summed E-state index contributed by atoms with van der Waals surface area (Å²) in [6, 6.07) is 40.5. The highest BCUT2D eigenvalue weighted by molar-refractivity contribution is 7.80. The van der Waals surface area contributed by atoms with Crippen molar-refractivity contribution in [1.82, 2.24) is 0 Å². The Bertz CT molecular complexity index is 1110. The molecule has 0 N–H and O–H groups in total. The van der Waals surface area contributed by atoms with E-state index in [0.29, 0.717) is 6.61 Å². The molecule has 1 heterocycles. The summed E-state index contributed by atoms with van der Waals surface area (Å²) in [4.78, 5) is 4.96. The van der Waals surface area contributed by atoms with Gasteiger partial charge in [-0.2, -0.15) is 0 Å². The van der Waals surface area contributed by atoms with Crippen molar-refractivity contribution < 1.29 is 4.74 Å². The van der Waals surface area contributed by atoms with Crippen LogP contribution < -0.4 is 15.9 Å². The molecule has 0 bridgehead atoms. The summed E-state index contributed by atoms with van der Waals surface area (Å²) >= 11 is 0. The van der Waals surface area contributed by atoms with Crippen LogP contribution in [-0.2, 0) is 4.74 Å². The van der Waals surface area contributed by atoms with E-state index in [4.69, 9.17) is 9.73 Å². The molecular formula is C27H22B2NOP. The lowest BCUT2D eigenvalue weighted by Gasteiger charge is -2.22. The number of benzene rings is 4. The van der Waals surface area contributed by atoms with Crippen molar-refractivity contribution in [1.29, 1.82) is 0 Å². The largest absolute Gasteiger partial charge is 0.475 e. The van der Waals surface area contributed by atoms with E-state index in [0.717, 1.165) is 11.5 Å². The van der Waals surface area contributed by atoms with Crippen LogP contribution >= 0.6 is 7.92 Å². The number of ether oxygens (including phenoxy) is 1. The quantitative estimate of drug-likeness (QED) is 0.345.